The first kappa shape index (κ1) is 20.1. The van der Waals surface area contributed by atoms with Crippen LogP contribution < -0.4 is 5.32 Å². The summed E-state index contributed by atoms with van der Waals surface area (Å²) >= 11 is 0. The molecule has 162 valence electrons. The second kappa shape index (κ2) is 7.69. The number of nitrogens with one attached hydrogen (secondary N) is 1. The highest BCUT2D eigenvalue weighted by Crippen LogP contribution is 2.65. The second-order valence-electron chi connectivity index (χ2n) is 10.8. The minimum Gasteiger partial charge on any atom is -0.354 e. The van der Waals surface area contributed by atoms with E-state index in [1.807, 2.05) is 4.90 Å². The number of carbonyl (C=O) groups excluding carboxylic acids is 2. The fourth-order valence-electron chi connectivity index (χ4n) is 7.54. The van der Waals surface area contributed by atoms with Crippen molar-refractivity contribution in [2.24, 2.45) is 17.3 Å². The fraction of sp³-hybridized carbons (Fsp3) is 0.692. The maximum Gasteiger partial charge on any atom is 0.226 e. The predicted molar refractivity (Wildman–Crippen MR) is 118 cm³/mol. The van der Waals surface area contributed by atoms with Crippen LogP contribution in [-0.2, 0) is 15.0 Å². The Morgan fingerprint density at radius 2 is 1.80 bits per heavy atom. The first-order valence-corrected chi connectivity index (χ1v) is 12.1. The summed E-state index contributed by atoms with van der Waals surface area (Å²) in [4.78, 5) is 27.7. The predicted octanol–water partition coefficient (Wildman–Crippen LogP) is 4.35. The molecule has 4 nitrogen and oxygen atoms in total. The smallest absolute Gasteiger partial charge is 0.226 e. The first-order valence-electron chi connectivity index (χ1n) is 12.1. The van der Waals surface area contributed by atoms with Gasteiger partial charge in [0, 0.05) is 26.1 Å². The molecule has 2 atom stereocenters. The van der Waals surface area contributed by atoms with Gasteiger partial charge in [-0.2, -0.15) is 0 Å². The third kappa shape index (κ3) is 3.56. The molecule has 0 radical (unpaired) electrons. The maximum absolute atomic E-state index is 13.5. The molecule has 1 aromatic carbocycles. The molecule has 1 saturated heterocycles. The number of likely N-dealkylation sites (tertiary alicyclic amines) is 1. The Bertz CT molecular complexity index is 801. The third-order valence-electron chi connectivity index (χ3n) is 8.55. The van der Waals surface area contributed by atoms with E-state index in [4.69, 9.17) is 0 Å². The van der Waals surface area contributed by atoms with Crippen molar-refractivity contribution < 1.29 is 9.59 Å². The van der Waals surface area contributed by atoms with Crippen LogP contribution >= 0.6 is 0 Å². The molecule has 2 amide bonds. The van der Waals surface area contributed by atoms with Crippen molar-refractivity contribution in [2.45, 2.75) is 76.5 Å². The highest BCUT2D eigenvalue weighted by molar-refractivity contribution is 5.83. The Morgan fingerprint density at radius 1 is 1.07 bits per heavy atom. The van der Waals surface area contributed by atoms with E-state index in [2.05, 4.69) is 36.5 Å². The van der Waals surface area contributed by atoms with Crippen LogP contribution in [0.3, 0.4) is 0 Å². The molecule has 5 fully saturated rings. The van der Waals surface area contributed by atoms with Gasteiger partial charge < -0.3 is 10.2 Å². The molecule has 1 aromatic rings. The van der Waals surface area contributed by atoms with Crippen molar-refractivity contribution in [2.75, 3.05) is 19.6 Å². The normalized spacial score (nSPS) is 35.4. The summed E-state index contributed by atoms with van der Waals surface area (Å²) in [6.45, 7) is 4.25. The van der Waals surface area contributed by atoms with Gasteiger partial charge in [-0.1, -0.05) is 36.2 Å². The summed E-state index contributed by atoms with van der Waals surface area (Å²) in [5, 5.41) is 3.27. The van der Waals surface area contributed by atoms with E-state index in [-0.39, 0.29) is 22.6 Å². The van der Waals surface area contributed by atoms with E-state index in [0.717, 1.165) is 45.1 Å². The number of benzene rings is 1. The molecule has 6 rings (SSSR count). The molecular formula is C26H36N2O2. The van der Waals surface area contributed by atoms with Crippen LogP contribution in [0.5, 0.6) is 0 Å². The molecule has 2 unspecified atom stereocenters. The number of hydrogen-bond acceptors (Lipinski definition) is 2. The highest BCUT2D eigenvalue weighted by Gasteiger charge is 2.60. The van der Waals surface area contributed by atoms with E-state index < -0.39 is 0 Å². The number of hydrogen-bond donors (Lipinski definition) is 1. The van der Waals surface area contributed by atoms with Crippen LogP contribution in [0, 0.1) is 24.2 Å². The lowest BCUT2D eigenvalue weighted by Gasteiger charge is -2.61. The van der Waals surface area contributed by atoms with Crippen LogP contribution in [0.25, 0.3) is 0 Å². The summed E-state index contributed by atoms with van der Waals surface area (Å²) in [6.07, 6.45) is 10.9. The lowest BCUT2D eigenvalue weighted by Crippen LogP contribution is -2.59. The lowest BCUT2D eigenvalue weighted by molar-refractivity contribution is -0.149. The average molecular weight is 409 g/mol. The molecule has 4 saturated carbocycles. The van der Waals surface area contributed by atoms with Crippen molar-refractivity contribution in [3.8, 4) is 0 Å². The SMILES string of the molecule is Cc1ccc(C23CC4CC(CC(C(=O)NCCN5CCCCCC5=O)(C4)C2)C3)cc1. The summed E-state index contributed by atoms with van der Waals surface area (Å²) in [5.74, 6) is 1.89. The monoisotopic (exact) mass is 408 g/mol. The minimum absolute atomic E-state index is 0.190. The summed E-state index contributed by atoms with van der Waals surface area (Å²) in [5.41, 5.74) is 2.75. The standard InChI is InChI=1S/C26H36N2O2/c1-19-6-8-22(9-7-19)25-14-20-13-21(15-25)17-26(16-20,18-25)24(30)27-10-12-28-11-4-2-3-5-23(28)29/h6-9,20-21H,2-5,10-18H2,1H3,(H,27,30). The summed E-state index contributed by atoms with van der Waals surface area (Å²) in [7, 11) is 0. The number of carbonyl (C=O) groups is 2. The van der Waals surface area contributed by atoms with Gasteiger partial charge in [0.2, 0.25) is 11.8 Å². The zero-order valence-electron chi connectivity index (χ0n) is 18.4. The second-order valence-corrected chi connectivity index (χ2v) is 10.8. The molecule has 1 N–H and O–H groups in total. The molecule has 4 heteroatoms. The quantitative estimate of drug-likeness (QED) is 0.787. The molecule has 1 heterocycles. The van der Waals surface area contributed by atoms with Gasteiger partial charge in [0.15, 0.2) is 0 Å². The van der Waals surface area contributed by atoms with Gasteiger partial charge in [-0.15, -0.1) is 0 Å². The molecular weight excluding hydrogens is 372 g/mol. The molecule has 30 heavy (non-hydrogen) atoms. The van der Waals surface area contributed by atoms with Crippen molar-refractivity contribution in [1.29, 1.82) is 0 Å². The average Bonchev–Trinajstić information content (AvgIpc) is 2.91. The molecule has 4 aliphatic carbocycles. The van der Waals surface area contributed by atoms with Crippen LogP contribution in [0.15, 0.2) is 24.3 Å². The maximum atomic E-state index is 13.5. The Hall–Kier alpha value is -1.84. The zero-order chi connectivity index (χ0) is 20.8. The Kier molecular flexibility index (Phi) is 5.15. The van der Waals surface area contributed by atoms with Gasteiger partial charge in [0.1, 0.15) is 0 Å². The Balaban J connectivity index is 1.28. The van der Waals surface area contributed by atoms with Crippen molar-refractivity contribution in [3.63, 3.8) is 0 Å². The topological polar surface area (TPSA) is 49.4 Å². The van der Waals surface area contributed by atoms with Crippen LogP contribution in [0.1, 0.15) is 75.3 Å². The van der Waals surface area contributed by atoms with Crippen LogP contribution in [0.2, 0.25) is 0 Å². The number of rotatable bonds is 5. The molecule has 0 spiro atoms. The minimum atomic E-state index is -0.197. The first-order chi connectivity index (χ1) is 14.5. The van der Waals surface area contributed by atoms with Gasteiger partial charge in [0.05, 0.1) is 5.41 Å². The van der Waals surface area contributed by atoms with Gasteiger partial charge in [0.25, 0.3) is 0 Å². The molecule has 4 bridgehead atoms. The van der Waals surface area contributed by atoms with Gasteiger partial charge in [-0.3, -0.25) is 9.59 Å². The Morgan fingerprint density at radius 3 is 2.53 bits per heavy atom. The number of amides is 2. The zero-order valence-corrected chi connectivity index (χ0v) is 18.4. The van der Waals surface area contributed by atoms with Crippen molar-refractivity contribution >= 4 is 11.8 Å². The summed E-state index contributed by atoms with van der Waals surface area (Å²) < 4.78 is 0. The van der Waals surface area contributed by atoms with E-state index in [0.29, 0.717) is 31.3 Å². The number of aryl methyl sites for hydroxylation is 1. The Labute approximate surface area is 180 Å². The van der Waals surface area contributed by atoms with E-state index >= 15 is 0 Å². The van der Waals surface area contributed by atoms with Crippen LogP contribution in [0.4, 0.5) is 0 Å². The highest BCUT2D eigenvalue weighted by atomic mass is 16.2. The van der Waals surface area contributed by atoms with Gasteiger partial charge >= 0.3 is 0 Å². The molecule has 1 aliphatic heterocycles. The van der Waals surface area contributed by atoms with E-state index in [1.54, 1.807) is 0 Å². The molecule has 0 aromatic heterocycles. The van der Waals surface area contributed by atoms with Crippen LogP contribution in [-0.4, -0.2) is 36.3 Å². The van der Waals surface area contributed by atoms with E-state index in [9.17, 15) is 9.59 Å². The third-order valence-corrected chi connectivity index (χ3v) is 8.55. The fourth-order valence-corrected chi connectivity index (χ4v) is 7.54. The number of nitrogens with zero attached hydrogens (tertiary/aromatic N) is 1. The van der Waals surface area contributed by atoms with Gasteiger partial charge in [-0.05, 0) is 81.1 Å². The van der Waals surface area contributed by atoms with Crippen molar-refractivity contribution in [3.05, 3.63) is 35.4 Å². The van der Waals surface area contributed by atoms with Gasteiger partial charge in [-0.25, -0.2) is 0 Å². The lowest BCUT2D eigenvalue weighted by atomic mass is 9.42. The van der Waals surface area contributed by atoms with E-state index in [1.165, 1.54) is 30.4 Å². The summed E-state index contributed by atoms with van der Waals surface area (Å²) in [6, 6.07) is 9.11. The van der Waals surface area contributed by atoms with Crippen molar-refractivity contribution in [1.82, 2.24) is 10.2 Å². The largest absolute Gasteiger partial charge is 0.354 e. The molecule has 5 aliphatic rings.